The van der Waals surface area contributed by atoms with Gasteiger partial charge in [0.05, 0.1) is 16.5 Å². The van der Waals surface area contributed by atoms with E-state index in [4.69, 9.17) is 5.11 Å². The van der Waals surface area contributed by atoms with Gasteiger partial charge in [-0.2, -0.15) is 5.10 Å². The number of aliphatic carboxylic acids is 1. The lowest BCUT2D eigenvalue weighted by Gasteiger charge is -2.00. The third-order valence-electron chi connectivity index (χ3n) is 2.40. The van der Waals surface area contributed by atoms with E-state index < -0.39 is 5.97 Å². The molecule has 0 aliphatic heterocycles. The maximum atomic E-state index is 10.5. The molecule has 0 amide bonds. The molecule has 2 rings (SSSR count). The Labute approximate surface area is 92.7 Å². The number of thioether (sulfide) groups is 1. The molecule has 1 aliphatic carbocycles. The maximum Gasteiger partial charge on any atom is 0.313 e. The van der Waals surface area contributed by atoms with Gasteiger partial charge in [-0.1, -0.05) is 11.8 Å². The Hall–Kier alpha value is -0.970. The van der Waals surface area contributed by atoms with Crippen LogP contribution in [0, 0.1) is 0 Å². The molecule has 1 aliphatic rings. The average Bonchev–Trinajstić information content (AvgIpc) is 2.96. The van der Waals surface area contributed by atoms with Gasteiger partial charge in [0, 0.05) is 12.5 Å². The average molecular weight is 226 g/mol. The van der Waals surface area contributed by atoms with Crippen LogP contribution in [0.15, 0.2) is 11.1 Å². The van der Waals surface area contributed by atoms with Crippen LogP contribution in [0.5, 0.6) is 0 Å². The van der Waals surface area contributed by atoms with Crippen LogP contribution in [-0.2, 0) is 11.3 Å². The zero-order chi connectivity index (χ0) is 10.8. The van der Waals surface area contributed by atoms with Crippen LogP contribution < -0.4 is 0 Å². The molecule has 0 bridgehead atoms. The summed E-state index contributed by atoms with van der Waals surface area (Å²) in [7, 11) is 0. The molecule has 1 fully saturated rings. The molecule has 0 radical (unpaired) electrons. The summed E-state index contributed by atoms with van der Waals surface area (Å²) in [6, 6.07) is 2.04. The molecule has 0 saturated heterocycles. The smallest absolute Gasteiger partial charge is 0.313 e. The van der Waals surface area contributed by atoms with Crippen molar-refractivity contribution in [3.05, 3.63) is 11.8 Å². The molecular formula is C10H14N2O2S. The summed E-state index contributed by atoms with van der Waals surface area (Å²) in [4.78, 5) is 10.5. The fourth-order valence-corrected chi connectivity index (χ4v) is 2.27. The molecule has 4 nitrogen and oxygen atoms in total. The van der Waals surface area contributed by atoms with Crippen LogP contribution >= 0.6 is 11.8 Å². The van der Waals surface area contributed by atoms with Crippen molar-refractivity contribution in [2.75, 3.05) is 5.75 Å². The van der Waals surface area contributed by atoms with Gasteiger partial charge in [0.25, 0.3) is 0 Å². The van der Waals surface area contributed by atoms with E-state index in [1.807, 2.05) is 17.7 Å². The van der Waals surface area contributed by atoms with Crippen LogP contribution in [0.3, 0.4) is 0 Å². The first-order chi connectivity index (χ1) is 7.20. The summed E-state index contributed by atoms with van der Waals surface area (Å²) in [6.07, 6.45) is 2.45. The number of aromatic nitrogens is 2. The molecule has 0 unspecified atom stereocenters. The Balaban J connectivity index is 2.09. The fraction of sp³-hybridized carbons (Fsp3) is 0.600. The quantitative estimate of drug-likeness (QED) is 0.780. The number of hydrogen-bond donors (Lipinski definition) is 1. The van der Waals surface area contributed by atoms with Crippen LogP contribution in [-0.4, -0.2) is 26.6 Å². The molecule has 15 heavy (non-hydrogen) atoms. The van der Waals surface area contributed by atoms with E-state index in [2.05, 4.69) is 5.10 Å². The zero-order valence-electron chi connectivity index (χ0n) is 8.64. The summed E-state index contributed by atoms with van der Waals surface area (Å²) in [5, 5.41) is 14.1. The van der Waals surface area contributed by atoms with E-state index in [-0.39, 0.29) is 5.75 Å². The lowest BCUT2D eigenvalue weighted by atomic mass is 10.3. The molecule has 0 atom stereocenters. The number of rotatable bonds is 5. The van der Waals surface area contributed by atoms with Crippen molar-refractivity contribution in [1.82, 2.24) is 9.78 Å². The van der Waals surface area contributed by atoms with E-state index in [0.717, 1.165) is 17.3 Å². The Morgan fingerprint density at radius 3 is 3.00 bits per heavy atom. The van der Waals surface area contributed by atoms with Crippen LogP contribution in [0.25, 0.3) is 0 Å². The largest absolute Gasteiger partial charge is 0.481 e. The second-order valence-corrected chi connectivity index (χ2v) is 4.68. The van der Waals surface area contributed by atoms with Gasteiger partial charge in [0.1, 0.15) is 0 Å². The third-order valence-corrected chi connectivity index (χ3v) is 3.42. The molecule has 0 aromatic carbocycles. The minimum atomic E-state index is -0.781. The normalized spacial score (nSPS) is 15.5. The van der Waals surface area contributed by atoms with Crippen molar-refractivity contribution in [2.45, 2.75) is 37.3 Å². The van der Waals surface area contributed by atoms with Crippen LogP contribution in [0.1, 0.15) is 31.4 Å². The highest BCUT2D eigenvalue weighted by Gasteiger charge is 2.27. The second-order valence-electron chi connectivity index (χ2n) is 3.68. The van der Waals surface area contributed by atoms with E-state index >= 15 is 0 Å². The first-order valence-corrected chi connectivity index (χ1v) is 6.11. The number of aryl methyl sites for hydroxylation is 1. The van der Waals surface area contributed by atoms with Crippen LogP contribution in [0.2, 0.25) is 0 Å². The van der Waals surface area contributed by atoms with Crippen molar-refractivity contribution in [3.63, 3.8) is 0 Å². The first-order valence-electron chi connectivity index (χ1n) is 5.13. The van der Waals surface area contributed by atoms with Gasteiger partial charge in [-0.25, -0.2) is 0 Å². The molecule has 5 heteroatoms. The van der Waals surface area contributed by atoms with Crippen molar-refractivity contribution < 1.29 is 9.90 Å². The summed E-state index contributed by atoms with van der Waals surface area (Å²) in [6.45, 7) is 2.82. The van der Waals surface area contributed by atoms with Gasteiger partial charge in [-0.15, -0.1) is 0 Å². The number of carboxylic acids is 1. The van der Waals surface area contributed by atoms with Crippen LogP contribution in [0.4, 0.5) is 0 Å². The predicted molar refractivity (Wildman–Crippen MR) is 58.2 cm³/mol. The van der Waals surface area contributed by atoms with Gasteiger partial charge in [-0.3, -0.25) is 9.48 Å². The lowest BCUT2D eigenvalue weighted by Crippen LogP contribution is -2.02. The number of nitrogens with zero attached hydrogens (tertiary/aromatic N) is 2. The van der Waals surface area contributed by atoms with Gasteiger partial charge in [0.2, 0.25) is 0 Å². The fourth-order valence-electron chi connectivity index (χ4n) is 1.48. The molecule has 1 aromatic rings. The van der Waals surface area contributed by atoms with E-state index in [9.17, 15) is 4.79 Å². The Morgan fingerprint density at radius 2 is 2.47 bits per heavy atom. The van der Waals surface area contributed by atoms with Crippen molar-refractivity contribution in [2.24, 2.45) is 0 Å². The minimum Gasteiger partial charge on any atom is -0.481 e. The van der Waals surface area contributed by atoms with Gasteiger partial charge in [0.15, 0.2) is 0 Å². The maximum absolute atomic E-state index is 10.5. The summed E-state index contributed by atoms with van der Waals surface area (Å²) >= 11 is 1.35. The second kappa shape index (κ2) is 4.26. The Kier molecular flexibility index (Phi) is 3.00. The lowest BCUT2D eigenvalue weighted by molar-refractivity contribution is -0.133. The van der Waals surface area contributed by atoms with E-state index in [1.165, 1.54) is 24.6 Å². The predicted octanol–water partition coefficient (Wildman–Crippen LogP) is 1.96. The monoisotopic (exact) mass is 226 g/mol. The van der Waals surface area contributed by atoms with Gasteiger partial charge >= 0.3 is 5.97 Å². The molecule has 1 N–H and O–H groups in total. The summed E-state index contributed by atoms with van der Waals surface area (Å²) in [5.41, 5.74) is 1.13. The molecule has 1 heterocycles. The first kappa shape index (κ1) is 10.5. The highest BCUT2D eigenvalue weighted by molar-refractivity contribution is 7.99. The minimum absolute atomic E-state index is 0.107. The molecule has 1 saturated carbocycles. The molecule has 0 spiro atoms. The highest BCUT2D eigenvalue weighted by atomic mass is 32.2. The number of carbonyl (C=O) groups is 1. The van der Waals surface area contributed by atoms with Gasteiger partial charge in [-0.05, 0) is 25.8 Å². The summed E-state index contributed by atoms with van der Waals surface area (Å²) < 4.78 is 1.89. The van der Waals surface area contributed by atoms with Gasteiger partial charge < -0.3 is 5.11 Å². The Bertz CT molecular complexity index is 371. The molecule has 1 aromatic heterocycles. The highest BCUT2D eigenvalue weighted by Crippen LogP contribution is 2.40. The SMILES string of the molecule is CCn1nc(C2CC2)cc1SCC(=O)O. The van der Waals surface area contributed by atoms with E-state index in [1.54, 1.807) is 0 Å². The Morgan fingerprint density at radius 1 is 1.73 bits per heavy atom. The summed E-state index contributed by atoms with van der Waals surface area (Å²) in [5.74, 6) is -0.0469. The topological polar surface area (TPSA) is 55.1 Å². The van der Waals surface area contributed by atoms with Crippen molar-refractivity contribution >= 4 is 17.7 Å². The number of carboxylic acid groups (broad SMARTS) is 1. The van der Waals surface area contributed by atoms with Crippen molar-refractivity contribution in [1.29, 1.82) is 0 Å². The zero-order valence-corrected chi connectivity index (χ0v) is 9.46. The molecular weight excluding hydrogens is 212 g/mol. The standard InChI is InChI=1S/C10H14N2O2S/c1-2-12-9(15-6-10(13)14)5-8(11-12)7-3-4-7/h5,7H,2-4,6H2,1H3,(H,13,14). The van der Waals surface area contributed by atoms with E-state index in [0.29, 0.717) is 5.92 Å². The molecule has 82 valence electrons. The number of hydrogen-bond acceptors (Lipinski definition) is 3. The third kappa shape index (κ3) is 2.53. The van der Waals surface area contributed by atoms with Crippen molar-refractivity contribution in [3.8, 4) is 0 Å².